The van der Waals surface area contributed by atoms with Crippen LogP contribution < -0.4 is 4.90 Å². The summed E-state index contributed by atoms with van der Waals surface area (Å²) in [6, 6.07) is 0.549. The Bertz CT molecular complexity index is 428. The van der Waals surface area contributed by atoms with Gasteiger partial charge in [0, 0.05) is 19.6 Å². The molecule has 0 atom stereocenters. The molecule has 0 bridgehead atoms. The van der Waals surface area contributed by atoms with Crippen molar-refractivity contribution in [1.82, 2.24) is 14.8 Å². The highest BCUT2D eigenvalue weighted by Crippen LogP contribution is 2.32. The fraction of sp³-hybridized carbons (Fsp3) is 0.846. The van der Waals surface area contributed by atoms with E-state index in [1.54, 1.807) is 0 Å². The second kappa shape index (κ2) is 5.87. The fourth-order valence-corrected chi connectivity index (χ4v) is 2.89. The average molecular weight is 268 g/mol. The Balaban J connectivity index is 2.14. The second-order valence-corrected chi connectivity index (χ2v) is 6.13. The predicted octanol–water partition coefficient (Wildman–Crippen LogP) is 3.54. The number of hydrogen-bond acceptors (Lipinski definition) is 3. The van der Waals surface area contributed by atoms with Crippen LogP contribution in [0.4, 0.5) is 5.95 Å². The lowest BCUT2D eigenvalue weighted by molar-refractivity contribution is 0.503. The van der Waals surface area contributed by atoms with Gasteiger partial charge in [-0.25, -0.2) is 5.10 Å². The standard InChI is InChI=1S/C13H24N4S/c1-10(2)8-9-16(3)12-14-15-13(18)17(12)11-6-4-5-7-11/h10-11H,4-9H2,1-3H3,(H,15,18). The number of hydrogen-bond donors (Lipinski definition) is 1. The van der Waals surface area contributed by atoms with Crippen LogP contribution in [0.25, 0.3) is 0 Å². The van der Waals surface area contributed by atoms with E-state index >= 15 is 0 Å². The summed E-state index contributed by atoms with van der Waals surface area (Å²) in [5, 5.41) is 7.37. The highest BCUT2D eigenvalue weighted by Gasteiger charge is 2.22. The summed E-state index contributed by atoms with van der Waals surface area (Å²) in [6.07, 6.45) is 6.28. The molecule has 0 unspecified atom stereocenters. The van der Waals surface area contributed by atoms with Gasteiger partial charge in [0.15, 0.2) is 4.77 Å². The molecule has 1 fully saturated rings. The topological polar surface area (TPSA) is 36.9 Å². The van der Waals surface area contributed by atoms with Gasteiger partial charge in [0.25, 0.3) is 0 Å². The molecular weight excluding hydrogens is 244 g/mol. The van der Waals surface area contributed by atoms with Gasteiger partial charge in [-0.2, -0.15) is 0 Å². The second-order valence-electron chi connectivity index (χ2n) is 5.74. The van der Waals surface area contributed by atoms with E-state index < -0.39 is 0 Å². The molecular formula is C13H24N4S. The summed E-state index contributed by atoms with van der Waals surface area (Å²) in [7, 11) is 2.11. The minimum Gasteiger partial charge on any atom is -0.344 e. The smallest absolute Gasteiger partial charge is 0.225 e. The maximum atomic E-state index is 5.38. The van der Waals surface area contributed by atoms with Crippen molar-refractivity contribution in [2.45, 2.75) is 52.0 Å². The SMILES string of the molecule is CC(C)CCN(C)c1n[nH]c(=S)n1C1CCCC1. The molecule has 2 rings (SSSR count). The molecule has 0 aromatic carbocycles. The quantitative estimate of drug-likeness (QED) is 0.830. The largest absolute Gasteiger partial charge is 0.344 e. The summed E-state index contributed by atoms with van der Waals surface area (Å²) in [4.78, 5) is 2.23. The average Bonchev–Trinajstić information content (AvgIpc) is 2.94. The third kappa shape index (κ3) is 2.94. The molecule has 1 saturated carbocycles. The van der Waals surface area contributed by atoms with Crippen molar-refractivity contribution in [3.8, 4) is 0 Å². The number of nitrogens with zero attached hydrogens (tertiary/aromatic N) is 3. The van der Waals surface area contributed by atoms with Crippen molar-refractivity contribution in [2.75, 3.05) is 18.5 Å². The number of aromatic amines is 1. The highest BCUT2D eigenvalue weighted by molar-refractivity contribution is 7.71. The first-order valence-corrected chi connectivity index (χ1v) is 7.38. The third-order valence-corrected chi connectivity index (χ3v) is 4.05. The van der Waals surface area contributed by atoms with Gasteiger partial charge in [-0.1, -0.05) is 26.7 Å². The van der Waals surface area contributed by atoms with E-state index in [2.05, 4.69) is 40.6 Å². The highest BCUT2D eigenvalue weighted by atomic mass is 32.1. The van der Waals surface area contributed by atoms with Crippen LogP contribution in [-0.2, 0) is 0 Å². The first-order chi connectivity index (χ1) is 8.59. The van der Waals surface area contributed by atoms with E-state index in [4.69, 9.17) is 12.2 Å². The molecule has 0 amide bonds. The zero-order valence-electron chi connectivity index (χ0n) is 11.6. The molecule has 0 saturated heterocycles. The summed E-state index contributed by atoms with van der Waals surface area (Å²) in [6.45, 7) is 5.54. The number of anilines is 1. The Morgan fingerprint density at radius 1 is 1.44 bits per heavy atom. The Hall–Kier alpha value is -0.840. The minimum absolute atomic E-state index is 0.549. The maximum Gasteiger partial charge on any atom is 0.225 e. The van der Waals surface area contributed by atoms with Crippen LogP contribution in [0.15, 0.2) is 0 Å². The van der Waals surface area contributed by atoms with Crippen molar-refractivity contribution in [3.05, 3.63) is 4.77 Å². The molecule has 1 aliphatic rings. The van der Waals surface area contributed by atoms with E-state index in [-0.39, 0.29) is 0 Å². The zero-order chi connectivity index (χ0) is 13.1. The fourth-order valence-electron chi connectivity index (χ4n) is 2.61. The van der Waals surface area contributed by atoms with Gasteiger partial charge in [-0.05, 0) is 37.4 Å². The summed E-state index contributed by atoms with van der Waals surface area (Å²) < 4.78 is 3.00. The van der Waals surface area contributed by atoms with Crippen LogP contribution in [0.1, 0.15) is 52.0 Å². The lowest BCUT2D eigenvalue weighted by atomic mass is 10.1. The molecule has 18 heavy (non-hydrogen) atoms. The molecule has 0 aliphatic heterocycles. The Morgan fingerprint density at radius 3 is 2.72 bits per heavy atom. The van der Waals surface area contributed by atoms with Gasteiger partial charge in [0.1, 0.15) is 0 Å². The normalized spacial score (nSPS) is 16.7. The lowest BCUT2D eigenvalue weighted by Gasteiger charge is -2.22. The summed E-state index contributed by atoms with van der Waals surface area (Å²) in [5.41, 5.74) is 0. The van der Waals surface area contributed by atoms with Crippen LogP contribution in [0, 0.1) is 10.7 Å². The molecule has 1 heterocycles. The molecule has 102 valence electrons. The molecule has 1 N–H and O–H groups in total. The molecule has 4 nitrogen and oxygen atoms in total. The number of aromatic nitrogens is 3. The number of nitrogens with one attached hydrogen (secondary N) is 1. The molecule has 0 spiro atoms. The molecule has 1 aliphatic carbocycles. The minimum atomic E-state index is 0.549. The maximum absolute atomic E-state index is 5.38. The van der Waals surface area contributed by atoms with Crippen LogP contribution in [0.2, 0.25) is 0 Å². The predicted molar refractivity (Wildman–Crippen MR) is 77.6 cm³/mol. The van der Waals surface area contributed by atoms with Gasteiger partial charge >= 0.3 is 0 Å². The first-order valence-electron chi connectivity index (χ1n) is 6.97. The van der Waals surface area contributed by atoms with Crippen molar-refractivity contribution in [1.29, 1.82) is 0 Å². The van der Waals surface area contributed by atoms with Crippen molar-refractivity contribution < 1.29 is 0 Å². The molecule has 1 aromatic heterocycles. The third-order valence-electron chi connectivity index (χ3n) is 3.76. The Labute approximate surface area is 114 Å². The van der Waals surface area contributed by atoms with E-state index in [9.17, 15) is 0 Å². The summed E-state index contributed by atoms with van der Waals surface area (Å²) >= 11 is 5.38. The van der Waals surface area contributed by atoms with Gasteiger partial charge in [-0.3, -0.25) is 4.57 Å². The number of H-pyrrole nitrogens is 1. The van der Waals surface area contributed by atoms with Crippen LogP contribution >= 0.6 is 12.2 Å². The lowest BCUT2D eigenvalue weighted by Crippen LogP contribution is -2.24. The number of rotatable bonds is 5. The molecule has 0 radical (unpaired) electrons. The van der Waals surface area contributed by atoms with Crippen LogP contribution in [0.5, 0.6) is 0 Å². The Morgan fingerprint density at radius 2 is 2.11 bits per heavy atom. The van der Waals surface area contributed by atoms with Crippen molar-refractivity contribution in [2.24, 2.45) is 5.92 Å². The monoisotopic (exact) mass is 268 g/mol. The van der Waals surface area contributed by atoms with Crippen LogP contribution in [0.3, 0.4) is 0 Å². The zero-order valence-corrected chi connectivity index (χ0v) is 12.5. The molecule has 1 aromatic rings. The van der Waals surface area contributed by atoms with E-state index in [0.717, 1.165) is 17.3 Å². The van der Waals surface area contributed by atoms with E-state index in [0.29, 0.717) is 12.0 Å². The Kier molecular flexibility index (Phi) is 4.43. The van der Waals surface area contributed by atoms with Crippen molar-refractivity contribution in [3.63, 3.8) is 0 Å². The summed E-state index contributed by atoms with van der Waals surface area (Å²) in [5.74, 6) is 1.72. The van der Waals surface area contributed by atoms with Crippen molar-refractivity contribution >= 4 is 18.2 Å². The van der Waals surface area contributed by atoms with Gasteiger partial charge in [-0.15, -0.1) is 5.10 Å². The first kappa shape index (κ1) is 13.6. The van der Waals surface area contributed by atoms with Gasteiger partial charge in [0.2, 0.25) is 5.95 Å². The van der Waals surface area contributed by atoms with Crippen LogP contribution in [-0.4, -0.2) is 28.4 Å². The van der Waals surface area contributed by atoms with E-state index in [1.165, 1.54) is 32.1 Å². The van der Waals surface area contributed by atoms with Gasteiger partial charge in [0.05, 0.1) is 0 Å². The molecule has 5 heteroatoms. The van der Waals surface area contributed by atoms with E-state index in [1.807, 2.05) is 0 Å². The van der Waals surface area contributed by atoms with Gasteiger partial charge < -0.3 is 4.90 Å².